The number of benzene rings is 2. The Hall–Kier alpha value is -3.88. The average molecular weight is 467 g/mol. The van der Waals surface area contributed by atoms with Gasteiger partial charge in [-0.1, -0.05) is 12.1 Å². The van der Waals surface area contributed by atoms with Gasteiger partial charge in [0, 0.05) is 31.9 Å². The smallest absolute Gasteiger partial charge is 0.410 e. The Kier molecular flexibility index (Phi) is 6.81. The molecule has 0 fully saturated rings. The molecule has 0 spiro atoms. The number of rotatable bonds is 7. The Morgan fingerprint density at radius 2 is 1.97 bits per heavy atom. The highest BCUT2D eigenvalue weighted by Crippen LogP contribution is 2.38. The van der Waals surface area contributed by atoms with Crippen molar-refractivity contribution in [3.05, 3.63) is 70.8 Å². The third-order valence-corrected chi connectivity index (χ3v) is 5.87. The van der Waals surface area contributed by atoms with E-state index in [4.69, 9.17) is 9.47 Å². The van der Waals surface area contributed by atoms with Gasteiger partial charge in [-0.2, -0.15) is 5.10 Å². The summed E-state index contributed by atoms with van der Waals surface area (Å²) in [5, 5.41) is 13.3. The van der Waals surface area contributed by atoms with Gasteiger partial charge in [-0.15, -0.1) is 0 Å². The van der Waals surface area contributed by atoms with Crippen LogP contribution in [0.1, 0.15) is 29.3 Å². The predicted octanol–water partition coefficient (Wildman–Crippen LogP) is 3.95. The zero-order valence-electron chi connectivity index (χ0n) is 19.1. The molecule has 178 valence electrons. The van der Waals surface area contributed by atoms with Gasteiger partial charge in [-0.05, 0) is 59.9 Å². The maximum absolute atomic E-state index is 14.7. The van der Waals surface area contributed by atoms with Gasteiger partial charge in [0.15, 0.2) is 0 Å². The Balaban J connectivity index is 1.65. The normalized spacial score (nSPS) is 12.9. The van der Waals surface area contributed by atoms with Crippen LogP contribution in [0.2, 0.25) is 0 Å². The van der Waals surface area contributed by atoms with Gasteiger partial charge < -0.3 is 19.5 Å². The van der Waals surface area contributed by atoms with Crippen molar-refractivity contribution in [2.45, 2.75) is 32.9 Å². The quantitative estimate of drug-likeness (QED) is 0.566. The molecule has 1 amide bonds. The molecule has 9 heteroatoms. The van der Waals surface area contributed by atoms with Crippen molar-refractivity contribution in [1.29, 1.82) is 0 Å². The van der Waals surface area contributed by atoms with Crippen LogP contribution in [0, 0.1) is 5.82 Å². The number of carboxylic acids is 1. The standard InChI is InChI=1S/C25H26FN3O5/c1-3-33-23-7-4-16(13-24(30)31)12-20(23)18-5-6-22(26)19-9-11-29(14-21(18)19)25(32)34-15-17-8-10-27-28(17)2/h4-8,10,12H,3,9,11,13-15H2,1-2H3,(H,30,31). The van der Waals surface area contributed by atoms with E-state index in [-0.39, 0.29) is 25.4 Å². The van der Waals surface area contributed by atoms with Crippen molar-refractivity contribution >= 4 is 12.1 Å². The number of hydrogen-bond donors (Lipinski definition) is 1. The maximum atomic E-state index is 14.7. The number of carboxylic acid groups (broad SMARTS) is 1. The number of carbonyl (C=O) groups is 2. The fourth-order valence-electron chi connectivity index (χ4n) is 4.16. The molecule has 0 atom stereocenters. The molecular weight excluding hydrogens is 441 g/mol. The van der Waals surface area contributed by atoms with E-state index >= 15 is 0 Å². The van der Waals surface area contributed by atoms with Crippen LogP contribution in [0.25, 0.3) is 11.1 Å². The van der Waals surface area contributed by atoms with Gasteiger partial charge in [0.05, 0.1) is 18.7 Å². The third-order valence-electron chi connectivity index (χ3n) is 5.87. The van der Waals surface area contributed by atoms with E-state index in [0.29, 0.717) is 53.1 Å². The van der Waals surface area contributed by atoms with Gasteiger partial charge in [0.2, 0.25) is 0 Å². The minimum Gasteiger partial charge on any atom is -0.493 e. The SMILES string of the molecule is CCOc1ccc(CC(=O)O)cc1-c1ccc(F)c2c1CN(C(=O)OCc1ccnn1C)CC2. The van der Waals surface area contributed by atoms with Gasteiger partial charge in [0.1, 0.15) is 18.2 Å². The second-order valence-electron chi connectivity index (χ2n) is 8.06. The lowest BCUT2D eigenvalue weighted by Gasteiger charge is -2.30. The number of aliphatic carboxylic acids is 1. The van der Waals surface area contributed by atoms with Gasteiger partial charge in [-0.3, -0.25) is 9.48 Å². The molecule has 2 heterocycles. The van der Waals surface area contributed by atoms with Crippen molar-refractivity contribution in [2.24, 2.45) is 7.05 Å². The molecule has 3 aromatic rings. The Bertz CT molecular complexity index is 1220. The summed E-state index contributed by atoms with van der Waals surface area (Å²) in [4.78, 5) is 25.6. The van der Waals surface area contributed by atoms with Crippen LogP contribution in [0.4, 0.5) is 9.18 Å². The highest BCUT2D eigenvalue weighted by atomic mass is 19.1. The number of fused-ring (bicyclic) bond motifs is 1. The molecule has 0 saturated heterocycles. The molecule has 0 aliphatic carbocycles. The van der Waals surface area contributed by atoms with Crippen LogP contribution in [-0.4, -0.2) is 45.0 Å². The Morgan fingerprint density at radius 3 is 2.68 bits per heavy atom. The molecule has 8 nitrogen and oxygen atoms in total. The van der Waals surface area contributed by atoms with Crippen LogP contribution < -0.4 is 4.74 Å². The largest absolute Gasteiger partial charge is 0.493 e. The van der Waals surface area contributed by atoms with Crippen LogP contribution in [0.5, 0.6) is 5.75 Å². The van der Waals surface area contributed by atoms with E-state index in [1.807, 2.05) is 6.92 Å². The van der Waals surface area contributed by atoms with E-state index < -0.39 is 12.1 Å². The lowest BCUT2D eigenvalue weighted by atomic mass is 9.89. The fraction of sp³-hybridized carbons (Fsp3) is 0.320. The van der Waals surface area contributed by atoms with Crippen LogP contribution in [0.15, 0.2) is 42.6 Å². The highest BCUT2D eigenvalue weighted by molar-refractivity contribution is 5.78. The second-order valence-corrected chi connectivity index (χ2v) is 8.06. The average Bonchev–Trinajstić information content (AvgIpc) is 3.23. The summed E-state index contributed by atoms with van der Waals surface area (Å²) in [7, 11) is 1.77. The minimum absolute atomic E-state index is 0.0838. The number of amides is 1. The maximum Gasteiger partial charge on any atom is 0.410 e. The summed E-state index contributed by atoms with van der Waals surface area (Å²) in [6.07, 6.45) is 1.33. The van der Waals surface area contributed by atoms with E-state index in [2.05, 4.69) is 5.10 Å². The molecule has 1 aliphatic rings. The minimum atomic E-state index is -0.946. The molecule has 34 heavy (non-hydrogen) atoms. The summed E-state index contributed by atoms with van der Waals surface area (Å²) >= 11 is 0. The monoisotopic (exact) mass is 467 g/mol. The lowest BCUT2D eigenvalue weighted by molar-refractivity contribution is -0.136. The van der Waals surface area contributed by atoms with E-state index in [9.17, 15) is 19.1 Å². The first-order chi connectivity index (χ1) is 16.4. The number of halogens is 1. The predicted molar refractivity (Wildman–Crippen MR) is 122 cm³/mol. The number of hydrogen-bond acceptors (Lipinski definition) is 5. The molecular formula is C25H26FN3O5. The third kappa shape index (κ3) is 4.88. The number of nitrogens with zero attached hydrogens (tertiary/aromatic N) is 3. The van der Waals surface area contributed by atoms with Gasteiger partial charge in [0.25, 0.3) is 0 Å². The zero-order chi connectivity index (χ0) is 24.2. The van der Waals surface area contributed by atoms with Crippen LogP contribution >= 0.6 is 0 Å². The zero-order valence-corrected chi connectivity index (χ0v) is 19.1. The first-order valence-electron chi connectivity index (χ1n) is 11.0. The van der Waals surface area contributed by atoms with Crippen molar-refractivity contribution in [3.63, 3.8) is 0 Å². The molecule has 1 aliphatic heterocycles. The molecule has 0 bridgehead atoms. The van der Waals surface area contributed by atoms with E-state index in [0.717, 1.165) is 5.69 Å². The summed E-state index contributed by atoms with van der Waals surface area (Å²) in [6.45, 7) is 2.85. The number of aryl methyl sites for hydroxylation is 1. The van der Waals surface area contributed by atoms with Crippen molar-refractivity contribution in [3.8, 4) is 16.9 Å². The molecule has 1 aromatic heterocycles. The highest BCUT2D eigenvalue weighted by Gasteiger charge is 2.27. The molecule has 1 N–H and O–H groups in total. The van der Waals surface area contributed by atoms with Crippen molar-refractivity contribution in [2.75, 3.05) is 13.2 Å². The van der Waals surface area contributed by atoms with E-state index in [1.54, 1.807) is 53.2 Å². The summed E-state index contributed by atoms with van der Waals surface area (Å²) in [5.41, 5.74) is 3.94. The number of ether oxygens (including phenoxy) is 2. The topological polar surface area (TPSA) is 93.9 Å². The Labute approximate surface area is 196 Å². The first kappa shape index (κ1) is 23.3. The fourth-order valence-corrected chi connectivity index (χ4v) is 4.16. The van der Waals surface area contributed by atoms with E-state index in [1.165, 1.54) is 6.07 Å². The summed E-state index contributed by atoms with van der Waals surface area (Å²) in [6, 6.07) is 10.0. The van der Waals surface area contributed by atoms with Crippen LogP contribution in [0.3, 0.4) is 0 Å². The van der Waals surface area contributed by atoms with Gasteiger partial charge in [-0.25, -0.2) is 9.18 Å². The second kappa shape index (κ2) is 9.94. The molecule has 4 rings (SSSR count). The summed E-state index contributed by atoms with van der Waals surface area (Å²) in [5.74, 6) is -0.707. The first-order valence-corrected chi connectivity index (χ1v) is 11.0. The molecule has 0 saturated carbocycles. The number of aromatic nitrogens is 2. The molecule has 0 radical (unpaired) electrons. The molecule has 2 aromatic carbocycles. The van der Waals surface area contributed by atoms with Crippen molar-refractivity contribution < 1.29 is 28.6 Å². The molecule has 0 unspecified atom stereocenters. The lowest BCUT2D eigenvalue weighted by Crippen LogP contribution is -2.37. The van der Waals surface area contributed by atoms with Crippen LogP contribution in [-0.2, 0) is 42.6 Å². The van der Waals surface area contributed by atoms with Crippen molar-refractivity contribution in [1.82, 2.24) is 14.7 Å². The summed E-state index contributed by atoms with van der Waals surface area (Å²) < 4.78 is 27.6. The Morgan fingerprint density at radius 1 is 1.15 bits per heavy atom. The van der Waals surface area contributed by atoms with Gasteiger partial charge >= 0.3 is 12.1 Å². The number of carbonyl (C=O) groups excluding carboxylic acids is 1.